The molecule has 1 aromatic carbocycles. The molecule has 0 radical (unpaired) electrons. The summed E-state index contributed by atoms with van der Waals surface area (Å²) in [6.45, 7) is 2.50. The van der Waals surface area contributed by atoms with E-state index in [0.717, 1.165) is 18.2 Å². The van der Waals surface area contributed by atoms with Crippen LogP contribution in [0.25, 0.3) is 0 Å². The molecule has 1 aromatic rings. The molecule has 132 valence electrons. The van der Waals surface area contributed by atoms with Crippen molar-refractivity contribution in [2.45, 2.75) is 12.1 Å². The quantitative estimate of drug-likeness (QED) is 0.831. The number of β-amino-alcohol motifs (C(OH)–C–C–N with tert-alkyl or cyclic N) is 1. The van der Waals surface area contributed by atoms with Crippen molar-refractivity contribution in [3.8, 4) is 5.75 Å². The third-order valence-corrected chi connectivity index (χ3v) is 4.31. The average Bonchev–Trinajstić information content (AvgIpc) is 2.94. The van der Waals surface area contributed by atoms with Crippen molar-refractivity contribution in [2.24, 2.45) is 0 Å². The molecule has 1 amide bonds. The molecule has 0 spiro atoms. The van der Waals surface area contributed by atoms with Crippen LogP contribution in [-0.2, 0) is 9.53 Å². The molecule has 2 aliphatic rings. The first-order valence-corrected chi connectivity index (χ1v) is 7.90. The number of ether oxygens (including phenoxy) is 2. The Morgan fingerprint density at radius 1 is 1.29 bits per heavy atom. The van der Waals surface area contributed by atoms with Crippen LogP contribution >= 0.6 is 0 Å². The highest BCUT2D eigenvalue weighted by molar-refractivity contribution is 5.78. The topological polar surface area (TPSA) is 62.2 Å². The zero-order chi connectivity index (χ0) is 17.1. The number of fused-ring (bicyclic) bond motifs is 1. The van der Waals surface area contributed by atoms with Gasteiger partial charge in [-0.2, -0.15) is 0 Å². The monoisotopic (exact) mass is 342 g/mol. The lowest BCUT2D eigenvalue weighted by Gasteiger charge is -2.36. The van der Waals surface area contributed by atoms with Crippen molar-refractivity contribution >= 4 is 5.91 Å². The number of likely N-dealkylation sites (tertiary alicyclic amines) is 1. The molecule has 0 aliphatic carbocycles. The van der Waals surface area contributed by atoms with E-state index in [4.69, 9.17) is 14.6 Å². The molecule has 2 atom stereocenters. The summed E-state index contributed by atoms with van der Waals surface area (Å²) in [5.41, 5.74) is 0. The maximum atomic E-state index is 13.1. The van der Waals surface area contributed by atoms with Gasteiger partial charge in [0.1, 0.15) is 17.4 Å². The first-order chi connectivity index (χ1) is 11.6. The van der Waals surface area contributed by atoms with Crippen LogP contribution in [0.5, 0.6) is 5.75 Å². The van der Waals surface area contributed by atoms with Gasteiger partial charge in [-0.05, 0) is 0 Å². The molecule has 6 nitrogen and oxygen atoms in total. The van der Waals surface area contributed by atoms with Gasteiger partial charge in [0, 0.05) is 44.4 Å². The molecule has 0 aromatic heterocycles. The zero-order valence-electron chi connectivity index (χ0n) is 13.2. The van der Waals surface area contributed by atoms with Gasteiger partial charge in [0.15, 0.2) is 6.61 Å². The SMILES string of the molecule is O=C(COc1cc(F)cc(F)c1)N1CCO[C@H]2CN(CCO)C[C@H]21. The van der Waals surface area contributed by atoms with E-state index in [0.29, 0.717) is 32.8 Å². The number of aliphatic hydroxyl groups excluding tert-OH is 1. The van der Waals surface area contributed by atoms with Crippen LogP contribution in [0.2, 0.25) is 0 Å². The molecule has 8 heteroatoms. The average molecular weight is 342 g/mol. The van der Waals surface area contributed by atoms with Crippen molar-refractivity contribution in [1.29, 1.82) is 0 Å². The first kappa shape index (κ1) is 17.1. The van der Waals surface area contributed by atoms with E-state index in [2.05, 4.69) is 0 Å². The fourth-order valence-electron chi connectivity index (χ4n) is 3.24. The molecule has 3 rings (SSSR count). The maximum absolute atomic E-state index is 13.1. The molecule has 2 saturated heterocycles. The minimum Gasteiger partial charge on any atom is -0.484 e. The predicted octanol–water partition coefficient (Wildman–Crippen LogP) is 0.248. The fraction of sp³-hybridized carbons (Fsp3) is 0.562. The number of hydrogen-bond acceptors (Lipinski definition) is 5. The number of benzene rings is 1. The van der Waals surface area contributed by atoms with Crippen molar-refractivity contribution in [3.05, 3.63) is 29.8 Å². The molecule has 1 N–H and O–H groups in total. The van der Waals surface area contributed by atoms with E-state index in [1.165, 1.54) is 0 Å². The number of amides is 1. The highest BCUT2D eigenvalue weighted by Gasteiger charge is 2.41. The van der Waals surface area contributed by atoms with E-state index in [1.807, 2.05) is 4.90 Å². The highest BCUT2D eigenvalue weighted by atomic mass is 19.1. The van der Waals surface area contributed by atoms with E-state index < -0.39 is 11.6 Å². The van der Waals surface area contributed by atoms with Crippen LogP contribution < -0.4 is 4.74 Å². The van der Waals surface area contributed by atoms with Crippen LogP contribution in [0.15, 0.2) is 18.2 Å². The minimum absolute atomic E-state index is 0.0148. The zero-order valence-corrected chi connectivity index (χ0v) is 13.2. The van der Waals surface area contributed by atoms with Gasteiger partial charge in [0.25, 0.3) is 5.91 Å². The number of aliphatic hydroxyl groups is 1. The summed E-state index contributed by atoms with van der Waals surface area (Å²) >= 11 is 0. The molecule has 2 aliphatic heterocycles. The predicted molar refractivity (Wildman–Crippen MR) is 80.6 cm³/mol. The second-order valence-electron chi connectivity index (χ2n) is 5.94. The Bertz CT molecular complexity index is 581. The van der Waals surface area contributed by atoms with Gasteiger partial charge in [-0.25, -0.2) is 8.78 Å². The summed E-state index contributed by atoms with van der Waals surface area (Å²) < 4.78 is 37.2. The number of rotatable bonds is 5. The number of halogens is 2. The summed E-state index contributed by atoms with van der Waals surface area (Å²) in [5, 5.41) is 9.05. The molecular formula is C16H20F2N2O4. The molecular weight excluding hydrogens is 322 g/mol. The Kier molecular flexibility index (Phi) is 5.27. The Morgan fingerprint density at radius 2 is 2.04 bits per heavy atom. The second-order valence-corrected chi connectivity index (χ2v) is 5.94. The lowest BCUT2D eigenvalue weighted by Crippen LogP contribution is -2.54. The van der Waals surface area contributed by atoms with E-state index in [9.17, 15) is 13.6 Å². The highest BCUT2D eigenvalue weighted by Crippen LogP contribution is 2.23. The summed E-state index contributed by atoms with van der Waals surface area (Å²) in [4.78, 5) is 16.2. The van der Waals surface area contributed by atoms with E-state index in [-0.39, 0.29) is 37.0 Å². The first-order valence-electron chi connectivity index (χ1n) is 7.90. The van der Waals surface area contributed by atoms with Gasteiger partial charge < -0.3 is 19.5 Å². The van der Waals surface area contributed by atoms with Crippen LogP contribution in [0.4, 0.5) is 8.78 Å². The standard InChI is InChI=1S/C16H20F2N2O4/c17-11-5-12(18)7-13(6-11)24-10-16(22)20-2-4-23-15-9-19(1-3-21)8-14(15)20/h5-7,14-15,21H,1-4,8-10H2/t14-,15+/m1/s1. The molecule has 2 heterocycles. The maximum Gasteiger partial charge on any atom is 0.260 e. The van der Waals surface area contributed by atoms with Crippen LogP contribution in [0.1, 0.15) is 0 Å². The lowest BCUT2D eigenvalue weighted by atomic mass is 10.1. The van der Waals surface area contributed by atoms with Crippen molar-refractivity contribution < 1.29 is 28.2 Å². The van der Waals surface area contributed by atoms with Crippen molar-refractivity contribution in [1.82, 2.24) is 9.80 Å². The molecule has 24 heavy (non-hydrogen) atoms. The smallest absolute Gasteiger partial charge is 0.260 e. The van der Waals surface area contributed by atoms with Gasteiger partial charge in [0.2, 0.25) is 0 Å². The number of carbonyl (C=O) groups excluding carboxylic acids is 1. The van der Waals surface area contributed by atoms with Gasteiger partial charge in [0.05, 0.1) is 25.4 Å². The number of morpholine rings is 1. The molecule has 0 saturated carbocycles. The van der Waals surface area contributed by atoms with Crippen LogP contribution in [-0.4, -0.2) is 79.0 Å². The molecule has 0 bridgehead atoms. The fourth-order valence-corrected chi connectivity index (χ4v) is 3.24. The Balaban J connectivity index is 1.59. The third-order valence-electron chi connectivity index (χ3n) is 4.31. The third kappa shape index (κ3) is 3.82. The van der Waals surface area contributed by atoms with E-state index in [1.54, 1.807) is 4.90 Å². The van der Waals surface area contributed by atoms with Crippen LogP contribution in [0.3, 0.4) is 0 Å². The van der Waals surface area contributed by atoms with Crippen LogP contribution in [0, 0.1) is 11.6 Å². The Hall–Kier alpha value is -1.77. The lowest BCUT2D eigenvalue weighted by molar-refractivity contribution is -0.144. The summed E-state index contributed by atoms with van der Waals surface area (Å²) in [5.74, 6) is -1.76. The van der Waals surface area contributed by atoms with Gasteiger partial charge in [-0.15, -0.1) is 0 Å². The summed E-state index contributed by atoms with van der Waals surface area (Å²) in [7, 11) is 0. The number of carbonyl (C=O) groups is 1. The molecule has 2 fully saturated rings. The minimum atomic E-state index is -0.751. The largest absolute Gasteiger partial charge is 0.484 e. The van der Waals surface area contributed by atoms with Crippen molar-refractivity contribution in [3.63, 3.8) is 0 Å². The second kappa shape index (κ2) is 7.42. The number of hydrogen-bond donors (Lipinski definition) is 1. The Morgan fingerprint density at radius 3 is 2.75 bits per heavy atom. The van der Waals surface area contributed by atoms with Gasteiger partial charge in [-0.1, -0.05) is 0 Å². The summed E-state index contributed by atoms with van der Waals surface area (Å²) in [6, 6.07) is 2.73. The molecule has 0 unspecified atom stereocenters. The van der Waals surface area contributed by atoms with Gasteiger partial charge in [-0.3, -0.25) is 9.69 Å². The Labute approximate surface area is 138 Å². The van der Waals surface area contributed by atoms with E-state index >= 15 is 0 Å². The number of nitrogens with zero attached hydrogens (tertiary/aromatic N) is 2. The summed E-state index contributed by atoms with van der Waals surface area (Å²) in [6.07, 6.45) is -0.0825. The van der Waals surface area contributed by atoms with Crippen molar-refractivity contribution in [2.75, 3.05) is 46.0 Å². The van der Waals surface area contributed by atoms with Gasteiger partial charge >= 0.3 is 0 Å². The normalized spacial score (nSPS) is 24.0.